The molecule has 0 saturated carbocycles. The zero-order valence-electron chi connectivity index (χ0n) is 8.49. The fourth-order valence-corrected chi connectivity index (χ4v) is 1.10. The summed E-state index contributed by atoms with van der Waals surface area (Å²) in [6.45, 7) is 3.05. The van der Waals surface area contributed by atoms with Crippen LogP contribution in [0.4, 0.5) is 0 Å². The quantitative estimate of drug-likeness (QED) is 0.693. The van der Waals surface area contributed by atoms with Crippen molar-refractivity contribution in [2.45, 2.75) is 25.9 Å². The highest BCUT2D eigenvalue weighted by molar-refractivity contribution is 5.71. The minimum atomic E-state index is -0.958. The first-order chi connectivity index (χ1) is 6.93. The van der Waals surface area contributed by atoms with E-state index < -0.39 is 24.0 Å². The van der Waals surface area contributed by atoms with E-state index in [1.54, 1.807) is 0 Å². The Morgan fingerprint density at radius 3 is 2.33 bits per heavy atom. The molecule has 0 aromatic carbocycles. The predicted octanol–water partition coefficient (Wildman–Crippen LogP) is 0.0668. The van der Waals surface area contributed by atoms with Crippen LogP contribution in [-0.2, 0) is 9.59 Å². The lowest BCUT2D eigenvalue weighted by molar-refractivity contribution is -0.707. The Hall–Kier alpha value is -1.85. The summed E-state index contributed by atoms with van der Waals surface area (Å²) < 4.78 is 2.89. The Morgan fingerprint density at radius 1 is 1.27 bits per heavy atom. The van der Waals surface area contributed by atoms with Gasteiger partial charge in [-0.2, -0.15) is 0 Å². The molecule has 0 saturated heterocycles. The average Bonchev–Trinajstić information content (AvgIpc) is 2.63. The van der Waals surface area contributed by atoms with Gasteiger partial charge in [0.05, 0.1) is 0 Å². The summed E-state index contributed by atoms with van der Waals surface area (Å²) >= 11 is 0. The van der Waals surface area contributed by atoms with E-state index in [4.69, 9.17) is 10.2 Å². The molecule has 1 aromatic heterocycles. The van der Waals surface area contributed by atoms with Crippen LogP contribution in [0, 0.1) is 0 Å². The number of carbonyl (C=O) groups is 2. The third kappa shape index (κ3) is 2.34. The topological polar surface area (TPSA) is 83.4 Å². The van der Waals surface area contributed by atoms with Gasteiger partial charge in [0, 0.05) is 0 Å². The van der Waals surface area contributed by atoms with E-state index in [-0.39, 0.29) is 0 Å². The molecule has 2 N–H and O–H groups in total. The first kappa shape index (κ1) is 11.2. The van der Waals surface area contributed by atoms with Crippen molar-refractivity contribution >= 4 is 11.9 Å². The molecule has 0 fully saturated rings. The molecule has 1 heterocycles. The van der Waals surface area contributed by atoms with E-state index in [1.165, 1.54) is 41.7 Å². The Balaban J connectivity index is 2.89. The van der Waals surface area contributed by atoms with E-state index in [0.29, 0.717) is 0 Å². The third-order valence-electron chi connectivity index (χ3n) is 2.29. The largest absolute Gasteiger partial charge is 0.478 e. The fraction of sp³-hybridized carbons (Fsp3) is 0.444. The molecule has 1 rings (SSSR count). The van der Waals surface area contributed by atoms with Crippen LogP contribution < -0.4 is 4.57 Å². The number of carboxylic acids is 2. The van der Waals surface area contributed by atoms with Gasteiger partial charge in [-0.05, 0) is 13.8 Å². The number of hydrogen-bond acceptors (Lipinski definition) is 2. The highest BCUT2D eigenvalue weighted by atomic mass is 16.4. The van der Waals surface area contributed by atoms with E-state index in [9.17, 15) is 9.59 Å². The van der Waals surface area contributed by atoms with Crippen LogP contribution in [0.2, 0.25) is 0 Å². The van der Waals surface area contributed by atoms with Crippen LogP contribution in [0.15, 0.2) is 18.7 Å². The van der Waals surface area contributed by atoms with Gasteiger partial charge in [-0.3, -0.25) is 0 Å². The summed E-state index contributed by atoms with van der Waals surface area (Å²) in [5, 5.41) is 17.5. The molecule has 1 aromatic rings. The lowest BCUT2D eigenvalue weighted by atomic mass is 10.3. The summed E-state index contributed by atoms with van der Waals surface area (Å²) in [6.07, 6.45) is 4.55. The number of rotatable bonds is 4. The molecule has 0 aliphatic heterocycles. The second-order valence-electron chi connectivity index (χ2n) is 3.34. The number of carboxylic acid groups (broad SMARTS) is 2. The van der Waals surface area contributed by atoms with Gasteiger partial charge >= 0.3 is 11.9 Å². The van der Waals surface area contributed by atoms with E-state index in [1.807, 2.05) is 0 Å². The van der Waals surface area contributed by atoms with Crippen molar-refractivity contribution in [2.75, 3.05) is 0 Å². The third-order valence-corrected chi connectivity index (χ3v) is 2.29. The van der Waals surface area contributed by atoms with Crippen molar-refractivity contribution in [3.63, 3.8) is 0 Å². The van der Waals surface area contributed by atoms with Gasteiger partial charge in [0.15, 0.2) is 12.1 Å². The number of imidazole rings is 1. The molecule has 15 heavy (non-hydrogen) atoms. The van der Waals surface area contributed by atoms with E-state index in [0.717, 1.165) is 0 Å². The lowest BCUT2D eigenvalue weighted by Crippen LogP contribution is -2.40. The monoisotopic (exact) mass is 213 g/mol. The minimum absolute atomic E-state index is 0.702. The second kappa shape index (κ2) is 4.12. The van der Waals surface area contributed by atoms with Crippen molar-refractivity contribution in [1.82, 2.24) is 4.57 Å². The van der Waals surface area contributed by atoms with Crippen LogP contribution in [0.5, 0.6) is 0 Å². The van der Waals surface area contributed by atoms with Gasteiger partial charge in [0.1, 0.15) is 12.4 Å². The molecular weight excluding hydrogens is 200 g/mol. The molecule has 6 nitrogen and oxygen atoms in total. The maximum Gasteiger partial charge on any atom is 0.349 e. The van der Waals surface area contributed by atoms with Crippen LogP contribution in [0.1, 0.15) is 25.9 Å². The molecular formula is C9H13N2O4+. The van der Waals surface area contributed by atoms with Crippen molar-refractivity contribution in [3.8, 4) is 0 Å². The zero-order chi connectivity index (χ0) is 11.6. The van der Waals surface area contributed by atoms with Crippen molar-refractivity contribution in [2.24, 2.45) is 0 Å². The highest BCUT2D eigenvalue weighted by Crippen LogP contribution is 2.04. The first-order valence-corrected chi connectivity index (χ1v) is 4.47. The maximum absolute atomic E-state index is 10.7. The summed E-state index contributed by atoms with van der Waals surface area (Å²) in [7, 11) is 0. The summed E-state index contributed by atoms with van der Waals surface area (Å²) in [5.41, 5.74) is 0. The molecule has 0 aliphatic carbocycles. The standard InChI is InChI=1S/C9H12N2O4/c1-6(8(12)13)10-3-4-11(5-10)7(2)9(14)15/h3-7H,1-2H3,(H-,12,13,14,15)/p+1. The molecule has 2 atom stereocenters. The molecule has 6 heteroatoms. The van der Waals surface area contributed by atoms with Gasteiger partial charge in [-0.25, -0.2) is 18.7 Å². The Morgan fingerprint density at radius 2 is 1.87 bits per heavy atom. The maximum atomic E-state index is 10.7. The van der Waals surface area contributed by atoms with E-state index in [2.05, 4.69) is 0 Å². The van der Waals surface area contributed by atoms with Crippen LogP contribution in [0.3, 0.4) is 0 Å². The summed E-state index contributed by atoms with van der Waals surface area (Å²) in [6, 6.07) is -1.40. The number of aliphatic carboxylic acids is 2. The normalized spacial score (nSPS) is 14.5. The molecule has 0 radical (unpaired) electrons. The first-order valence-electron chi connectivity index (χ1n) is 4.47. The van der Waals surface area contributed by atoms with Crippen LogP contribution in [-0.4, -0.2) is 26.7 Å². The molecule has 0 aliphatic rings. The Labute approximate surface area is 86.4 Å². The summed E-state index contributed by atoms with van der Waals surface area (Å²) in [5.74, 6) is -1.92. The van der Waals surface area contributed by atoms with Crippen molar-refractivity contribution < 1.29 is 24.4 Å². The van der Waals surface area contributed by atoms with Crippen molar-refractivity contribution in [3.05, 3.63) is 18.7 Å². The Bertz CT molecular complexity index is 351. The number of nitrogens with zero attached hydrogens (tertiary/aromatic N) is 2. The minimum Gasteiger partial charge on any atom is -0.478 e. The van der Waals surface area contributed by atoms with E-state index >= 15 is 0 Å². The highest BCUT2D eigenvalue weighted by Gasteiger charge is 2.23. The fourth-order valence-electron chi connectivity index (χ4n) is 1.10. The lowest BCUT2D eigenvalue weighted by Gasteiger charge is -2.02. The average molecular weight is 213 g/mol. The van der Waals surface area contributed by atoms with Gasteiger partial charge in [0.25, 0.3) is 0 Å². The molecule has 82 valence electrons. The molecule has 0 spiro atoms. The number of hydrogen-bond donors (Lipinski definition) is 2. The molecule has 0 amide bonds. The molecule has 0 bridgehead atoms. The van der Waals surface area contributed by atoms with Gasteiger partial charge in [-0.1, -0.05) is 0 Å². The van der Waals surface area contributed by atoms with Crippen LogP contribution in [0.25, 0.3) is 0 Å². The van der Waals surface area contributed by atoms with Gasteiger partial charge < -0.3 is 10.2 Å². The Kier molecular flexibility index (Phi) is 3.08. The zero-order valence-corrected chi connectivity index (χ0v) is 8.49. The smallest absolute Gasteiger partial charge is 0.349 e. The van der Waals surface area contributed by atoms with Crippen molar-refractivity contribution in [1.29, 1.82) is 0 Å². The van der Waals surface area contributed by atoms with Gasteiger partial charge in [0.2, 0.25) is 6.33 Å². The SMILES string of the molecule is CC(C(=O)O)n1cc[n+](C(C)C(=O)O)c1. The van der Waals surface area contributed by atoms with Crippen LogP contribution >= 0.6 is 0 Å². The summed E-state index contributed by atoms with van der Waals surface area (Å²) in [4.78, 5) is 21.3. The second-order valence-corrected chi connectivity index (χ2v) is 3.34. The molecule has 2 unspecified atom stereocenters. The predicted molar refractivity (Wildman–Crippen MR) is 49.3 cm³/mol. The number of aromatic nitrogens is 2. The van der Waals surface area contributed by atoms with Gasteiger partial charge in [-0.15, -0.1) is 0 Å².